The summed E-state index contributed by atoms with van der Waals surface area (Å²) in [4.78, 5) is 0. The van der Waals surface area contributed by atoms with Crippen LogP contribution in [0.25, 0.3) is 0 Å². The van der Waals surface area contributed by atoms with Crippen LogP contribution in [0.5, 0.6) is 0 Å². The smallest absolute Gasteiger partial charge is 0.254 e. The molecule has 14 heavy (non-hydrogen) atoms. The van der Waals surface area contributed by atoms with Gasteiger partial charge in [0.2, 0.25) is 0 Å². The summed E-state index contributed by atoms with van der Waals surface area (Å²) in [6.07, 6.45) is 9.63. The fourth-order valence-corrected chi connectivity index (χ4v) is 2.49. The molecule has 0 saturated heterocycles. The number of nitrogens with two attached hydrogens (primary N) is 1. The van der Waals surface area contributed by atoms with Crippen LogP contribution in [0.4, 0.5) is 0 Å². The molecule has 1 saturated carbocycles. The predicted octanol–water partition coefficient (Wildman–Crippen LogP) is 3.14. The average Bonchev–Trinajstić information content (AvgIpc) is 2.15. The van der Waals surface area contributed by atoms with Crippen molar-refractivity contribution >= 4 is 17.4 Å². The van der Waals surface area contributed by atoms with Gasteiger partial charge in [-0.25, -0.2) is 0 Å². The van der Waals surface area contributed by atoms with Gasteiger partial charge >= 0.3 is 0 Å². The first-order valence-corrected chi connectivity index (χ1v) is 6.08. The molecular formula is C11H21NOS. The standard InChI is InChI=1S/C11H21NOS/c1-2-3-7-11(13-10(12)14)8-5-4-6-9-11/h2-9H2,1H3,(H2,12,14). The second kappa shape index (κ2) is 5.54. The van der Waals surface area contributed by atoms with Gasteiger partial charge in [0.25, 0.3) is 5.17 Å². The Bertz CT molecular complexity index is 188. The van der Waals surface area contributed by atoms with E-state index in [1.165, 1.54) is 32.1 Å². The molecule has 1 rings (SSSR count). The van der Waals surface area contributed by atoms with Gasteiger partial charge in [-0.3, -0.25) is 0 Å². The SMILES string of the molecule is CCCCC1(OC(N)=S)CCCCC1. The van der Waals surface area contributed by atoms with Crippen LogP contribution in [0.3, 0.4) is 0 Å². The number of hydrogen-bond acceptors (Lipinski definition) is 2. The molecule has 1 aliphatic rings. The van der Waals surface area contributed by atoms with Crippen molar-refractivity contribution in [1.29, 1.82) is 0 Å². The van der Waals surface area contributed by atoms with Crippen LogP contribution in [0.15, 0.2) is 0 Å². The van der Waals surface area contributed by atoms with Gasteiger partial charge < -0.3 is 10.5 Å². The summed E-state index contributed by atoms with van der Waals surface area (Å²) in [5.74, 6) is 0. The molecule has 0 radical (unpaired) electrons. The van der Waals surface area contributed by atoms with Crippen LogP contribution < -0.4 is 5.73 Å². The second-order valence-corrected chi connectivity index (χ2v) is 4.67. The quantitative estimate of drug-likeness (QED) is 0.732. The third-order valence-corrected chi connectivity index (χ3v) is 3.15. The van der Waals surface area contributed by atoms with Crippen molar-refractivity contribution in [2.45, 2.75) is 63.9 Å². The summed E-state index contributed by atoms with van der Waals surface area (Å²) in [5, 5.41) is 0.225. The van der Waals surface area contributed by atoms with Gasteiger partial charge in [-0.2, -0.15) is 0 Å². The van der Waals surface area contributed by atoms with Gasteiger partial charge in [-0.1, -0.05) is 19.8 Å². The van der Waals surface area contributed by atoms with Crippen LogP contribution >= 0.6 is 12.2 Å². The minimum absolute atomic E-state index is 0.0138. The Labute approximate surface area is 92.2 Å². The molecule has 3 heteroatoms. The Balaban J connectivity index is 2.52. The van der Waals surface area contributed by atoms with Gasteiger partial charge in [0.1, 0.15) is 5.60 Å². The Morgan fingerprint density at radius 1 is 1.36 bits per heavy atom. The van der Waals surface area contributed by atoms with Crippen molar-refractivity contribution in [2.75, 3.05) is 0 Å². The Hall–Kier alpha value is -0.310. The van der Waals surface area contributed by atoms with Crippen LogP contribution in [-0.4, -0.2) is 10.8 Å². The number of thiocarbonyl (C=S) groups is 1. The van der Waals surface area contributed by atoms with E-state index in [-0.39, 0.29) is 10.8 Å². The molecule has 0 aliphatic heterocycles. The topological polar surface area (TPSA) is 35.2 Å². The van der Waals surface area contributed by atoms with E-state index in [1.54, 1.807) is 0 Å². The highest BCUT2D eigenvalue weighted by Gasteiger charge is 2.33. The van der Waals surface area contributed by atoms with Gasteiger partial charge in [0.15, 0.2) is 0 Å². The Morgan fingerprint density at radius 2 is 2.00 bits per heavy atom. The number of rotatable bonds is 4. The molecule has 1 fully saturated rings. The fourth-order valence-electron chi connectivity index (χ4n) is 2.31. The van der Waals surface area contributed by atoms with E-state index in [2.05, 4.69) is 6.92 Å². The van der Waals surface area contributed by atoms with Gasteiger partial charge in [-0.05, 0) is 50.7 Å². The third-order valence-electron chi connectivity index (χ3n) is 3.07. The van der Waals surface area contributed by atoms with Crippen LogP contribution in [-0.2, 0) is 4.74 Å². The van der Waals surface area contributed by atoms with E-state index >= 15 is 0 Å². The van der Waals surface area contributed by atoms with Crippen molar-refractivity contribution in [3.63, 3.8) is 0 Å². The molecule has 0 atom stereocenters. The molecule has 1 aliphatic carbocycles. The normalized spacial score (nSPS) is 20.4. The monoisotopic (exact) mass is 215 g/mol. The van der Waals surface area contributed by atoms with Crippen LogP contribution in [0, 0.1) is 0 Å². The van der Waals surface area contributed by atoms with E-state index in [0.29, 0.717) is 0 Å². The summed E-state index contributed by atoms with van der Waals surface area (Å²) in [6, 6.07) is 0. The first kappa shape index (κ1) is 11.8. The zero-order valence-corrected chi connectivity index (χ0v) is 9.87. The Morgan fingerprint density at radius 3 is 2.50 bits per heavy atom. The second-order valence-electron chi connectivity index (χ2n) is 4.27. The highest BCUT2D eigenvalue weighted by molar-refractivity contribution is 7.80. The van der Waals surface area contributed by atoms with Crippen molar-refractivity contribution in [1.82, 2.24) is 0 Å². The fraction of sp³-hybridized carbons (Fsp3) is 0.909. The van der Waals surface area contributed by atoms with Crippen LogP contribution in [0.2, 0.25) is 0 Å². The van der Waals surface area contributed by atoms with E-state index < -0.39 is 0 Å². The molecule has 0 unspecified atom stereocenters. The van der Waals surface area contributed by atoms with Crippen molar-refractivity contribution in [3.05, 3.63) is 0 Å². The molecule has 82 valence electrons. The van der Waals surface area contributed by atoms with Crippen molar-refractivity contribution < 1.29 is 4.74 Å². The zero-order valence-electron chi connectivity index (χ0n) is 9.05. The maximum Gasteiger partial charge on any atom is 0.254 e. The first-order valence-electron chi connectivity index (χ1n) is 5.67. The van der Waals surface area contributed by atoms with Crippen molar-refractivity contribution in [3.8, 4) is 0 Å². The molecule has 0 aromatic heterocycles. The van der Waals surface area contributed by atoms with E-state index in [4.69, 9.17) is 22.7 Å². The summed E-state index contributed by atoms with van der Waals surface area (Å²) >= 11 is 4.85. The van der Waals surface area contributed by atoms with Gasteiger partial charge in [0, 0.05) is 0 Å². The lowest BCUT2D eigenvalue weighted by Gasteiger charge is -2.37. The lowest BCUT2D eigenvalue weighted by molar-refractivity contribution is 0.00995. The summed E-state index contributed by atoms with van der Waals surface area (Å²) in [5.41, 5.74) is 5.48. The lowest BCUT2D eigenvalue weighted by Crippen LogP contribution is -2.38. The molecule has 0 aromatic carbocycles. The molecule has 0 spiro atoms. The van der Waals surface area contributed by atoms with E-state index in [9.17, 15) is 0 Å². The predicted molar refractivity (Wildman–Crippen MR) is 63.2 cm³/mol. The number of unbranched alkanes of at least 4 members (excludes halogenated alkanes) is 1. The minimum Gasteiger partial charge on any atom is -0.465 e. The minimum atomic E-state index is -0.0138. The maximum atomic E-state index is 5.69. The number of hydrogen-bond donors (Lipinski definition) is 1. The van der Waals surface area contributed by atoms with Gasteiger partial charge in [0.05, 0.1) is 0 Å². The molecule has 0 heterocycles. The van der Waals surface area contributed by atoms with Crippen LogP contribution in [0.1, 0.15) is 58.3 Å². The average molecular weight is 215 g/mol. The van der Waals surface area contributed by atoms with E-state index in [0.717, 1.165) is 19.3 Å². The van der Waals surface area contributed by atoms with Gasteiger partial charge in [-0.15, -0.1) is 0 Å². The molecular weight excluding hydrogens is 194 g/mol. The van der Waals surface area contributed by atoms with Crippen molar-refractivity contribution in [2.24, 2.45) is 5.73 Å². The zero-order chi connectivity index (χ0) is 10.4. The molecule has 0 amide bonds. The summed E-state index contributed by atoms with van der Waals surface area (Å²) in [6.45, 7) is 2.21. The van der Waals surface area contributed by atoms with E-state index in [1.807, 2.05) is 0 Å². The molecule has 0 bridgehead atoms. The first-order chi connectivity index (χ1) is 6.68. The largest absolute Gasteiger partial charge is 0.465 e. The highest BCUT2D eigenvalue weighted by Crippen LogP contribution is 2.35. The number of ether oxygens (including phenoxy) is 1. The molecule has 2 N–H and O–H groups in total. The highest BCUT2D eigenvalue weighted by atomic mass is 32.1. The lowest BCUT2D eigenvalue weighted by atomic mass is 9.81. The molecule has 2 nitrogen and oxygen atoms in total. The Kier molecular flexibility index (Phi) is 4.66. The molecule has 0 aromatic rings. The maximum absolute atomic E-state index is 5.69. The third kappa shape index (κ3) is 3.45. The summed E-state index contributed by atoms with van der Waals surface area (Å²) in [7, 11) is 0. The summed E-state index contributed by atoms with van der Waals surface area (Å²) < 4.78 is 5.69.